The number of hydrogen-bond donors (Lipinski definition) is 3. The fourth-order valence-electron chi connectivity index (χ4n) is 4.24. The number of ketones is 1. The van der Waals surface area contributed by atoms with Crippen molar-refractivity contribution in [1.82, 2.24) is 20.9 Å². The van der Waals surface area contributed by atoms with Crippen LogP contribution in [0.15, 0.2) is 60.7 Å². The van der Waals surface area contributed by atoms with Crippen molar-refractivity contribution in [2.45, 2.75) is 52.0 Å². The van der Waals surface area contributed by atoms with E-state index < -0.39 is 30.1 Å². The molecule has 1 aliphatic rings. The van der Waals surface area contributed by atoms with Gasteiger partial charge < -0.3 is 25.0 Å². The number of carbonyl (C=O) groups excluding carboxylic acids is 5. The minimum atomic E-state index is -0.878. The van der Waals surface area contributed by atoms with E-state index in [9.17, 15) is 24.0 Å². The summed E-state index contributed by atoms with van der Waals surface area (Å²) in [5.41, 5.74) is 1.68. The Hall–Kier alpha value is -4.25. The van der Waals surface area contributed by atoms with Crippen molar-refractivity contribution in [3.8, 4) is 0 Å². The molecule has 3 N–H and O–H groups in total. The van der Waals surface area contributed by atoms with Crippen molar-refractivity contribution >= 4 is 29.7 Å². The van der Waals surface area contributed by atoms with E-state index in [4.69, 9.17) is 9.47 Å². The highest BCUT2D eigenvalue weighted by molar-refractivity contribution is 5.95. The van der Waals surface area contributed by atoms with Gasteiger partial charge in [0.25, 0.3) is 0 Å². The monoisotopic (exact) mass is 566 g/mol. The molecule has 0 aliphatic carbocycles. The third kappa shape index (κ3) is 11.0. The van der Waals surface area contributed by atoms with Gasteiger partial charge in [-0.2, -0.15) is 0 Å². The molecule has 2 aromatic rings. The number of nitrogens with zero attached hydrogens (tertiary/aromatic N) is 1. The highest BCUT2D eigenvalue weighted by Crippen LogP contribution is 2.11. The Morgan fingerprint density at radius 2 is 1.51 bits per heavy atom. The normalized spacial score (nSPS) is 15.6. The Kier molecular flexibility index (Phi) is 12.3. The van der Waals surface area contributed by atoms with Crippen LogP contribution in [0.25, 0.3) is 0 Å². The molecule has 2 atom stereocenters. The van der Waals surface area contributed by atoms with Crippen LogP contribution in [-0.4, -0.2) is 72.8 Å². The molecule has 1 saturated heterocycles. The number of esters is 1. The molecule has 1 aliphatic heterocycles. The average Bonchev–Trinajstić information content (AvgIpc) is 2.96. The maximum absolute atomic E-state index is 13.0. The standard InChI is InChI=1S/C30H38N4O7/c1-21(2)15-25(33-30(39)41-20-23-11-7-4-8-12-23)29(38)32-24-13-14-34(18-26(24)35)27(36)16-31-17-28(37)40-19-22-9-5-3-6-10-22/h3-12,21,24-25,31H,13-20H2,1-2H3,(H,32,38)(H,33,39)/t24?,25-/m0/s1. The van der Waals surface area contributed by atoms with Crippen molar-refractivity contribution in [1.29, 1.82) is 0 Å². The predicted molar refractivity (Wildman–Crippen MR) is 150 cm³/mol. The maximum atomic E-state index is 13.0. The first-order valence-corrected chi connectivity index (χ1v) is 13.7. The Bertz CT molecular complexity index is 1170. The van der Waals surface area contributed by atoms with Crippen molar-refractivity contribution < 1.29 is 33.4 Å². The second kappa shape index (κ2) is 16.1. The number of alkyl carbamates (subject to hydrolysis) is 1. The van der Waals surface area contributed by atoms with Crippen molar-refractivity contribution in [2.24, 2.45) is 5.92 Å². The molecule has 1 unspecified atom stereocenters. The van der Waals surface area contributed by atoms with Crippen LogP contribution in [0.1, 0.15) is 37.8 Å². The summed E-state index contributed by atoms with van der Waals surface area (Å²) in [6.07, 6.45) is -0.127. The zero-order valence-electron chi connectivity index (χ0n) is 23.5. The number of piperidine rings is 1. The van der Waals surface area contributed by atoms with Gasteiger partial charge in [-0.15, -0.1) is 0 Å². The number of amides is 3. The summed E-state index contributed by atoms with van der Waals surface area (Å²) >= 11 is 0. The zero-order chi connectivity index (χ0) is 29.6. The van der Waals surface area contributed by atoms with Gasteiger partial charge in [0.2, 0.25) is 11.8 Å². The van der Waals surface area contributed by atoms with Gasteiger partial charge in [0.1, 0.15) is 19.3 Å². The van der Waals surface area contributed by atoms with Crippen LogP contribution in [-0.2, 0) is 41.9 Å². The number of nitrogens with one attached hydrogen (secondary N) is 3. The van der Waals surface area contributed by atoms with E-state index in [1.807, 2.05) is 74.5 Å². The number of carbonyl (C=O) groups is 5. The molecule has 1 heterocycles. The van der Waals surface area contributed by atoms with Crippen LogP contribution in [0.3, 0.4) is 0 Å². The molecule has 1 fully saturated rings. The number of likely N-dealkylation sites (tertiary alicyclic amines) is 1. The van der Waals surface area contributed by atoms with Gasteiger partial charge in [0, 0.05) is 6.54 Å². The van der Waals surface area contributed by atoms with Gasteiger partial charge in [-0.1, -0.05) is 74.5 Å². The third-order valence-electron chi connectivity index (χ3n) is 6.41. The zero-order valence-corrected chi connectivity index (χ0v) is 23.5. The number of hydrogen-bond acceptors (Lipinski definition) is 8. The summed E-state index contributed by atoms with van der Waals surface area (Å²) in [5.74, 6) is -1.52. The van der Waals surface area contributed by atoms with Crippen LogP contribution in [0, 0.1) is 5.92 Å². The first-order chi connectivity index (χ1) is 19.7. The second-order valence-corrected chi connectivity index (χ2v) is 10.3. The fourth-order valence-corrected chi connectivity index (χ4v) is 4.24. The van der Waals surface area contributed by atoms with Crippen molar-refractivity contribution in [3.05, 3.63) is 71.8 Å². The molecule has 11 heteroatoms. The van der Waals surface area contributed by atoms with Gasteiger partial charge in [0.05, 0.1) is 25.7 Å². The Morgan fingerprint density at radius 1 is 0.902 bits per heavy atom. The first kappa shape index (κ1) is 31.3. The molecule has 41 heavy (non-hydrogen) atoms. The Morgan fingerprint density at radius 3 is 2.10 bits per heavy atom. The Balaban J connectivity index is 1.39. The van der Waals surface area contributed by atoms with Gasteiger partial charge in [-0.05, 0) is 29.9 Å². The molecule has 0 aromatic heterocycles. The molecule has 0 radical (unpaired) electrons. The molecule has 3 rings (SSSR count). The molecular formula is C30H38N4O7. The summed E-state index contributed by atoms with van der Waals surface area (Å²) in [4.78, 5) is 64.0. The average molecular weight is 567 g/mol. The quantitative estimate of drug-likeness (QED) is 0.312. The van der Waals surface area contributed by atoms with E-state index in [1.165, 1.54) is 4.90 Å². The van der Waals surface area contributed by atoms with Crippen LogP contribution in [0.2, 0.25) is 0 Å². The minimum absolute atomic E-state index is 0.0669. The smallest absolute Gasteiger partial charge is 0.408 e. The SMILES string of the molecule is CC(C)C[C@H](NC(=O)OCc1ccccc1)C(=O)NC1CCN(C(=O)CNCC(=O)OCc2ccccc2)CC1=O. The van der Waals surface area contributed by atoms with Crippen LogP contribution in [0.5, 0.6) is 0 Å². The van der Waals surface area contributed by atoms with Crippen LogP contribution < -0.4 is 16.0 Å². The van der Waals surface area contributed by atoms with E-state index >= 15 is 0 Å². The molecule has 0 saturated carbocycles. The van der Waals surface area contributed by atoms with Crippen LogP contribution in [0.4, 0.5) is 4.79 Å². The van der Waals surface area contributed by atoms with Gasteiger partial charge in [0.15, 0.2) is 5.78 Å². The summed E-state index contributed by atoms with van der Waals surface area (Å²) in [7, 11) is 0. The number of rotatable bonds is 13. The molecule has 0 spiro atoms. The lowest BCUT2D eigenvalue weighted by Crippen LogP contribution is -2.57. The molecule has 11 nitrogen and oxygen atoms in total. The summed E-state index contributed by atoms with van der Waals surface area (Å²) in [6, 6.07) is 16.8. The fraction of sp³-hybridized carbons (Fsp3) is 0.433. The lowest BCUT2D eigenvalue weighted by Gasteiger charge is -2.32. The van der Waals surface area contributed by atoms with Gasteiger partial charge in [-0.25, -0.2) is 4.79 Å². The molecular weight excluding hydrogens is 528 g/mol. The first-order valence-electron chi connectivity index (χ1n) is 13.7. The largest absolute Gasteiger partial charge is 0.460 e. The molecule has 3 amide bonds. The highest BCUT2D eigenvalue weighted by Gasteiger charge is 2.33. The minimum Gasteiger partial charge on any atom is -0.460 e. The number of ether oxygens (including phenoxy) is 2. The van der Waals surface area contributed by atoms with E-state index in [0.29, 0.717) is 6.42 Å². The predicted octanol–water partition coefficient (Wildman–Crippen LogP) is 1.95. The van der Waals surface area contributed by atoms with E-state index in [2.05, 4.69) is 16.0 Å². The van der Waals surface area contributed by atoms with E-state index in [1.54, 1.807) is 0 Å². The lowest BCUT2D eigenvalue weighted by molar-refractivity contribution is -0.144. The van der Waals surface area contributed by atoms with E-state index in [-0.39, 0.29) is 63.4 Å². The summed E-state index contributed by atoms with van der Waals surface area (Å²) in [5, 5.41) is 8.08. The summed E-state index contributed by atoms with van der Waals surface area (Å²) < 4.78 is 10.4. The molecule has 2 aromatic carbocycles. The second-order valence-electron chi connectivity index (χ2n) is 10.3. The van der Waals surface area contributed by atoms with Crippen LogP contribution >= 0.6 is 0 Å². The van der Waals surface area contributed by atoms with Gasteiger partial charge in [-0.3, -0.25) is 24.5 Å². The third-order valence-corrected chi connectivity index (χ3v) is 6.41. The molecule has 220 valence electrons. The van der Waals surface area contributed by atoms with Crippen molar-refractivity contribution in [2.75, 3.05) is 26.2 Å². The molecule has 0 bridgehead atoms. The van der Waals surface area contributed by atoms with Crippen molar-refractivity contribution in [3.63, 3.8) is 0 Å². The van der Waals surface area contributed by atoms with Gasteiger partial charge >= 0.3 is 12.1 Å². The highest BCUT2D eigenvalue weighted by atomic mass is 16.5. The lowest BCUT2D eigenvalue weighted by atomic mass is 10.00. The maximum Gasteiger partial charge on any atom is 0.408 e. The number of benzene rings is 2. The Labute approximate surface area is 239 Å². The number of Topliss-reactive ketones (excluding diaryl/α,β-unsaturated/α-hetero) is 1. The summed E-state index contributed by atoms with van der Waals surface area (Å²) in [6.45, 7) is 3.88. The topological polar surface area (TPSA) is 143 Å². The van der Waals surface area contributed by atoms with E-state index in [0.717, 1.165) is 11.1 Å².